The van der Waals surface area contributed by atoms with Gasteiger partial charge in [-0.25, -0.2) is 4.99 Å². The molecule has 1 aromatic heterocycles. The second-order valence-corrected chi connectivity index (χ2v) is 6.98. The minimum Gasteiger partial charge on any atom is -0.364 e. The summed E-state index contributed by atoms with van der Waals surface area (Å²) in [6.07, 6.45) is 4.43. The van der Waals surface area contributed by atoms with Gasteiger partial charge in [-0.1, -0.05) is 24.3 Å². The molecule has 4 nitrogen and oxygen atoms in total. The van der Waals surface area contributed by atoms with Gasteiger partial charge in [-0.15, -0.1) is 0 Å². The number of nitrogens with one attached hydrogen (secondary N) is 1. The van der Waals surface area contributed by atoms with Gasteiger partial charge in [0, 0.05) is 38.9 Å². The standard InChI is InChI=1S/C20H26N4S/c1-3-21-20(23(2)15-18-10-13-25-16-18)22-14-17-6-8-19(9-7-17)24-11-4-5-12-24/h4-10,13,16H,3,11-12,14-15H2,1-2H3,(H,21,22). The van der Waals surface area contributed by atoms with Crippen molar-refractivity contribution in [3.63, 3.8) is 0 Å². The van der Waals surface area contributed by atoms with E-state index in [1.165, 1.54) is 16.8 Å². The molecule has 132 valence electrons. The zero-order valence-corrected chi connectivity index (χ0v) is 15.8. The fourth-order valence-electron chi connectivity index (χ4n) is 2.87. The summed E-state index contributed by atoms with van der Waals surface area (Å²) in [5.41, 5.74) is 3.83. The quantitative estimate of drug-likeness (QED) is 0.487. The maximum atomic E-state index is 4.80. The summed E-state index contributed by atoms with van der Waals surface area (Å²) >= 11 is 1.73. The van der Waals surface area contributed by atoms with Crippen molar-refractivity contribution in [3.05, 3.63) is 64.4 Å². The largest absolute Gasteiger partial charge is 0.364 e. The first-order chi connectivity index (χ1) is 12.3. The van der Waals surface area contributed by atoms with E-state index in [0.717, 1.165) is 32.1 Å². The zero-order chi connectivity index (χ0) is 17.5. The van der Waals surface area contributed by atoms with E-state index in [9.17, 15) is 0 Å². The number of aliphatic imine (C=N–C) groups is 1. The van der Waals surface area contributed by atoms with Crippen LogP contribution in [0.15, 0.2) is 58.2 Å². The van der Waals surface area contributed by atoms with Gasteiger partial charge < -0.3 is 15.1 Å². The smallest absolute Gasteiger partial charge is 0.194 e. The lowest BCUT2D eigenvalue weighted by Crippen LogP contribution is -2.38. The lowest BCUT2D eigenvalue weighted by Gasteiger charge is -2.21. The predicted octanol–water partition coefficient (Wildman–Crippen LogP) is 3.72. The molecule has 1 aliphatic heterocycles. The average molecular weight is 355 g/mol. The monoisotopic (exact) mass is 354 g/mol. The molecule has 0 bridgehead atoms. The Morgan fingerprint density at radius 1 is 1.16 bits per heavy atom. The Bertz CT molecular complexity index is 696. The van der Waals surface area contributed by atoms with Crippen LogP contribution in [0.3, 0.4) is 0 Å². The van der Waals surface area contributed by atoms with Crippen molar-refractivity contribution in [1.29, 1.82) is 0 Å². The third kappa shape index (κ3) is 4.86. The Morgan fingerprint density at radius 3 is 2.56 bits per heavy atom. The Kier molecular flexibility index (Phi) is 6.12. The highest BCUT2D eigenvalue weighted by molar-refractivity contribution is 7.07. The fourth-order valence-corrected chi connectivity index (χ4v) is 3.53. The number of rotatable bonds is 6. The highest BCUT2D eigenvalue weighted by Gasteiger charge is 2.08. The second-order valence-electron chi connectivity index (χ2n) is 6.20. The molecule has 0 unspecified atom stereocenters. The molecule has 5 heteroatoms. The van der Waals surface area contributed by atoms with Gasteiger partial charge in [-0.2, -0.15) is 11.3 Å². The lowest BCUT2D eigenvalue weighted by atomic mass is 10.2. The molecule has 0 saturated heterocycles. The van der Waals surface area contributed by atoms with Crippen molar-refractivity contribution in [1.82, 2.24) is 10.2 Å². The number of hydrogen-bond acceptors (Lipinski definition) is 3. The summed E-state index contributed by atoms with van der Waals surface area (Å²) in [7, 11) is 2.09. The summed E-state index contributed by atoms with van der Waals surface area (Å²) in [5.74, 6) is 0.946. The molecule has 1 aliphatic rings. The molecule has 25 heavy (non-hydrogen) atoms. The van der Waals surface area contributed by atoms with E-state index < -0.39 is 0 Å². The van der Waals surface area contributed by atoms with E-state index in [1.807, 2.05) is 0 Å². The second kappa shape index (κ2) is 8.72. The molecule has 1 aromatic carbocycles. The van der Waals surface area contributed by atoms with Crippen LogP contribution in [0.5, 0.6) is 0 Å². The lowest BCUT2D eigenvalue weighted by molar-refractivity contribution is 0.477. The maximum Gasteiger partial charge on any atom is 0.194 e. The maximum absolute atomic E-state index is 4.80. The van der Waals surface area contributed by atoms with Gasteiger partial charge in [-0.05, 0) is 47.0 Å². The Labute approximate surface area is 154 Å². The Balaban J connectivity index is 1.62. The zero-order valence-electron chi connectivity index (χ0n) is 15.0. The third-order valence-corrected chi connectivity index (χ3v) is 4.96. The summed E-state index contributed by atoms with van der Waals surface area (Å²) in [6.45, 7) is 6.55. The van der Waals surface area contributed by atoms with E-state index in [2.05, 4.69) is 82.3 Å². The normalized spacial score (nSPS) is 14.2. The SMILES string of the molecule is CCNC(=NCc1ccc(N2CC=CC2)cc1)N(C)Cc1ccsc1. The molecule has 0 atom stereocenters. The topological polar surface area (TPSA) is 30.9 Å². The van der Waals surface area contributed by atoms with Gasteiger partial charge in [-0.3, -0.25) is 0 Å². The van der Waals surface area contributed by atoms with Crippen molar-refractivity contribution in [2.45, 2.75) is 20.0 Å². The number of benzene rings is 1. The van der Waals surface area contributed by atoms with Crippen molar-refractivity contribution >= 4 is 23.0 Å². The molecular formula is C20H26N4S. The van der Waals surface area contributed by atoms with Crippen LogP contribution < -0.4 is 10.2 Å². The minimum absolute atomic E-state index is 0.689. The van der Waals surface area contributed by atoms with Crippen LogP contribution in [0.2, 0.25) is 0 Å². The van der Waals surface area contributed by atoms with Gasteiger partial charge >= 0.3 is 0 Å². The number of guanidine groups is 1. The molecule has 0 fully saturated rings. The van der Waals surface area contributed by atoms with Crippen LogP contribution in [-0.4, -0.2) is 37.5 Å². The molecule has 0 amide bonds. The number of nitrogens with zero attached hydrogens (tertiary/aromatic N) is 3. The first kappa shape index (κ1) is 17.5. The molecule has 0 saturated carbocycles. The van der Waals surface area contributed by atoms with Crippen LogP contribution in [0, 0.1) is 0 Å². The summed E-state index contributed by atoms with van der Waals surface area (Å²) in [5, 5.41) is 7.69. The van der Waals surface area contributed by atoms with E-state index in [-0.39, 0.29) is 0 Å². The Hall–Kier alpha value is -2.27. The summed E-state index contributed by atoms with van der Waals surface area (Å²) in [6, 6.07) is 10.9. The first-order valence-corrected chi connectivity index (χ1v) is 9.70. The van der Waals surface area contributed by atoms with E-state index in [4.69, 9.17) is 4.99 Å². The van der Waals surface area contributed by atoms with E-state index in [0.29, 0.717) is 6.54 Å². The van der Waals surface area contributed by atoms with Crippen molar-refractivity contribution in [2.75, 3.05) is 31.6 Å². The highest BCUT2D eigenvalue weighted by Crippen LogP contribution is 2.18. The molecule has 0 radical (unpaired) electrons. The van der Waals surface area contributed by atoms with Gasteiger partial charge in [0.05, 0.1) is 6.54 Å². The molecule has 1 N–H and O–H groups in total. The van der Waals surface area contributed by atoms with E-state index in [1.54, 1.807) is 11.3 Å². The van der Waals surface area contributed by atoms with Crippen LogP contribution in [0.25, 0.3) is 0 Å². The summed E-state index contributed by atoms with van der Waals surface area (Å²) < 4.78 is 0. The van der Waals surface area contributed by atoms with Crippen LogP contribution in [0.1, 0.15) is 18.1 Å². The van der Waals surface area contributed by atoms with Crippen molar-refractivity contribution in [3.8, 4) is 0 Å². The number of thiophene rings is 1. The van der Waals surface area contributed by atoms with Crippen LogP contribution in [0.4, 0.5) is 5.69 Å². The Morgan fingerprint density at radius 2 is 1.92 bits per heavy atom. The summed E-state index contributed by atoms with van der Waals surface area (Å²) in [4.78, 5) is 9.33. The first-order valence-electron chi connectivity index (χ1n) is 8.75. The fraction of sp³-hybridized carbons (Fsp3) is 0.350. The third-order valence-electron chi connectivity index (χ3n) is 4.23. The van der Waals surface area contributed by atoms with Crippen LogP contribution >= 0.6 is 11.3 Å². The molecule has 2 heterocycles. The number of hydrogen-bond donors (Lipinski definition) is 1. The minimum atomic E-state index is 0.689. The van der Waals surface area contributed by atoms with Gasteiger partial charge in [0.1, 0.15) is 0 Å². The van der Waals surface area contributed by atoms with Crippen molar-refractivity contribution < 1.29 is 0 Å². The highest BCUT2D eigenvalue weighted by atomic mass is 32.1. The van der Waals surface area contributed by atoms with Crippen molar-refractivity contribution in [2.24, 2.45) is 4.99 Å². The van der Waals surface area contributed by atoms with Gasteiger partial charge in [0.25, 0.3) is 0 Å². The van der Waals surface area contributed by atoms with E-state index >= 15 is 0 Å². The molecular weight excluding hydrogens is 328 g/mol. The molecule has 2 aromatic rings. The number of anilines is 1. The molecule has 3 rings (SSSR count). The van der Waals surface area contributed by atoms with Gasteiger partial charge in [0.2, 0.25) is 0 Å². The average Bonchev–Trinajstić information content (AvgIpc) is 3.33. The van der Waals surface area contributed by atoms with Gasteiger partial charge in [0.15, 0.2) is 5.96 Å². The molecule has 0 spiro atoms. The predicted molar refractivity (Wildman–Crippen MR) is 108 cm³/mol. The molecule has 0 aliphatic carbocycles. The van der Waals surface area contributed by atoms with Crippen LogP contribution in [-0.2, 0) is 13.1 Å².